The highest BCUT2D eigenvalue weighted by Gasteiger charge is 2.23. The minimum Gasteiger partial charge on any atom is -0.375 e. The van der Waals surface area contributed by atoms with Gasteiger partial charge < -0.3 is 19.7 Å². The zero-order valence-electron chi connectivity index (χ0n) is 10.4. The molecule has 0 unspecified atom stereocenters. The van der Waals surface area contributed by atoms with Crippen molar-refractivity contribution in [1.82, 2.24) is 10.2 Å². The fourth-order valence-corrected chi connectivity index (χ4v) is 1.65. The van der Waals surface area contributed by atoms with Crippen LogP contribution in [-0.4, -0.2) is 62.9 Å². The van der Waals surface area contributed by atoms with E-state index in [1.807, 2.05) is 0 Å². The lowest BCUT2D eigenvalue weighted by Gasteiger charge is -2.33. The lowest BCUT2D eigenvalue weighted by atomic mass is 10.2. The van der Waals surface area contributed by atoms with Gasteiger partial charge in [0.05, 0.1) is 12.7 Å². The van der Waals surface area contributed by atoms with E-state index in [4.69, 9.17) is 9.47 Å². The van der Waals surface area contributed by atoms with Crippen LogP contribution < -0.4 is 5.32 Å². The van der Waals surface area contributed by atoms with E-state index >= 15 is 0 Å². The first-order chi connectivity index (χ1) is 7.63. The number of morpholine rings is 1. The van der Waals surface area contributed by atoms with Crippen molar-refractivity contribution < 1.29 is 14.3 Å². The van der Waals surface area contributed by atoms with Crippen LogP contribution in [0.3, 0.4) is 0 Å². The molecule has 1 aliphatic heterocycles. The molecule has 0 aromatic rings. The molecule has 1 fully saturated rings. The molecule has 5 nitrogen and oxygen atoms in total. The fraction of sp³-hybridized carbons (Fsp3) is 0.909. The van der Waals surface area contributed by atoms with Gasteiger partial charge in [0.15, 0.2) is 0 Å². The standard InChI is InChI=1S/C11H22N2O3/c1-9(2)12-6-10-7-13(4-5-16-10)11(14)8-15-3/h9-10,12H,4-8H2,1-3H3/t10-/m1/s1. The minimum absolute atomic E-state index is 0.0420. The monoisotopic (exact) mass is 230 g/mol. The number of rotatable bonds is 5. The highest BCUT2D eigenvalue weighted by molar-refractivity contribution is 5.77. The average Bonchev–Trinajstić information content (AvgIpc) is 2.27. The number of methoxy groups -OCH3 is 1. The zero-order chi connectivity index (χ0) is 12.0. The number of nitrogens with one attached hydrogen (secondary N) is 1. The summed E-state index contributed by atoms with van der Waals surface area (Å²) in [6, 6.07) is 0.439. The molecule has 0 aliphatic carbocycles. The average molecular weight is 230 g/mol. The van der Waals surface area contributed by atoms with Crippen LogP contribution in [0.1, 0.15) is 13.8 Å². The van der Waals surface area contributed by atoms with Gasteiger partial charge in [-0.05, 0) is 0 Å². The van der Waals surface area contributed by atoms with Gasteiger partial charge in [-0.15, -0.1) is 0 Å². The van der Waals surface area contributed by atoms with Crippen molar-refractivity contribution in [2.75, 3.05) is 40.0 Å². The van der Waals surface area contributed by atoms with Crippen LogP contribution in [0.25, 0.3) is 0 Å². The number of hydrogen-bond acceptors (Lipinski definition) is 4. The van der Waals surface area contributed by atoms with Crippen LogP contribution in [0, 0.1) is 0 Å². The Morgan fingerprint density at radius 2 is 2.38 bits per heavy atom. The topological polar surface area (TPSA) is 50.8 Å². The first-order valence-corrected chi connectivity index (χ1v) is 5.75. The number of hydrogen-bond donors (Lipinski definition) is 1. The summed E-state index contributed by atoms with van der Waals surface area (Å²) in [4.78, 5) is 13.4. The summed E-state index contributed by atoms with van der Waals surface area (Å²) >= 11 is 0. The Bertz CT molecular complexity index is 221. The molecule has 0 saturated carbocycles. The Labute approximate surface area is 97.1 Å². The number of amides is 1. The van der Waals surface area contributed by atoms with Crippen molar-refractivity contribution in [1.29, 1.82) is 0 Å². The van der Waals surface area contributed by atoms with Crippen molar-refractivity contribution in [2.45, 2.75) is 26.0 Å². The Hall–Kier alpha value is -0.650. The molecule has 1 aliphatic rings. The molecule has 0 aromatic heterocycles. The van der Waals surface area contributed by atoms with Gasteiger partial charge in [-0.2, -0.15) is 0 Å². The maximum atomic E-state index is 11.6. The van der Waals surface area contributed by atoms with Crippen molar-refractivity contribution in [2.24, 2.45) is 0 Å². The molecule has 1 heterocycles. The predicted octanol–water partition coefficient (Wildman–Crippen LogP) is -0.142. The van der Waals surface area contributed by atoms with Crippen LogP contribution in [0.2, 0.25) is 0 Å². The van der Waals surface area contributed by atoms with Crippen molar-refractivity contribution in [3.05, 3.63) is 0 Å². The van der Waals surface area contributed by atoms with Crippen molar-refractivity contribution in [3.63, 3.8) is 0 Å². The van der Waals surface area contributed by atoms with E-state index in [2.05, 4.69) is 19.2 Å². The van der Waals surface area contributed by atoms with Crippen LogP contribution in [0.5, 0.6) is 0 Å². The Morgan fingerprint density at radius 3 is 3.00 bits per heavy atom. The zero-order valence-corrected chi connectivity index (χ0v) is 10.4. The first-order valence-electron chi connectivity index (χ1n) is 5.75. The maximum Gasteiger partial charge on any atom is 0.248 e. The Kier molecular flexibility index (Phi) is 5.73. The molecule has 1 amide bonds. The van der Waals surface area contributed by atoms with Gasteiger partial charge in [0.1, 0.15) is 6.61 Å². The normalized spacial score (nSPS) is 21.5. The second-order valence-corrected chi connectivity index (χ2v) is 4.33. The summed E-state index contributed by atoms with van der Waals surface area (Å²) < 4.78 is 10.4. The lowest BCUT2D eigenvalue weighted by Crippen LogP contribution is -2.50. The fourth-order valence-electron chi connectivity index (χ4n) is 1.65. The van der Waals surface area contributed by atoms with E-state index in [1.165, 1.54) is 7.11 Å². The van der Waals surface area contributed by atoms with Gasteiger partial charge in [0.2, 0.25) is 5.91 Å². The van der Waals surface area contributed by atoms with Crippen LogP contribution in [0.15, 0.2) is 0 Å². The second kappa shape index (κ2) is 6.83. The van der Waals surface area contributed by atoms with Gasteiger partial charge in [-0.1, -0.05) is 13.8 Å². The molecule has 0 bridgehead atoms. The summed E-state index contributed by atoms with van der Waals surface area (Å²) in [5, 5.41) is 3.31. The highest BCUT2D eigenvalue weighted by atomic mass is 16.5. The molecule has 1 saturated heterocycles. The van der Waals surface area contributed by atoms with Crippen LogP contribution >= 0.6 is 0 Å². The van der Waals surface area contributed by atoms with Gasteiger partial charge in [0, 0.05) is 32.8 Å². The van der Waals surface area contributed by atoms with E-state index in [0.717, 1.165) is 6.54 Å². The molecular formula is C11H22N2O3. The molecule has 1 atom stereocenters. The highest BCUT2D eigenvalue weighted by Crippen LogP contribution is 2.05. The molecule has 94 valence electrons. The largest absolute Gasteiger partial charge is 0.375 e. The van der Waals surface area contributed by atoms with Crippen molar-refractivity contribution >= 4 is 5.91 Å². The van der Waals surface area contributed by atoms with E-state index in [9.17, 15) is 4.79 Å². The van der Waals surface area contributed by atoms with Crippen LogP contribution in [-0.2, 0) is 14.3 Å². The van der Waals surface area contributed by atoms with Gasteiger partial charge in [0.25, 0.3) is 0 Å². The minimum atomic E-state index is 0.0420. The maximum absolute atomic E-state index is 11.6. The quantitative estimate of drug-likeness (QED) is 0.714. The van der Waals surface area contributed by atoms with E-state index in [-0.39, 0.29) is 18.6 Å². The number of carbonyl (C=O) groups excluding carboxylic acids is 1. The van der Waals surface area contributed by atoms with E-state index in [1.54, 1.807) is 4.90 Å². The summed E-state index contributed by atoms with van der Waals surface area (Å²) in [7, 11) is 1.54. The summed E-state index contributed by atoms with van der Waals surface area (Å²) in [6.45, 7) is 7.06. The SMILES string of the molecule is COCC(=O)N1CCO[C@H](CNC(C)C)C1. The number of nitrogens with zero attached hydrogens (tertiary/aromatic N) is 1. The number of carbonyl (C=O) groups is 1. The first kappa shape index (κ1) is 13.4. The van der Waals surface area contributed by atoms with Gasteiger partial charge in [-0.25, -0.2) is 0 Å². The number of ether oxygens (including phenoxy) is 2. The molecule has 0 radical (unpaired) electrons. The van der Waals surface area contributed by atoms with Crippen molar-refractivity contribution in [3.8, 4) is 0 Å². The molecule has 5 heteroatoms. The van der Waals surface area contributed by atoms with Crippen LogP contribution in [0.4, 0.5) is 0 Å². The smallest absolute Gasteiger partial charge is 0.248 e. The molecule has 1 rings (SSSR count). The lowest BCUT2D eigenvalue weighted by molar-refractivity contribution is -0.142. The third-order valence-corrected chi connectivity index (χ3v) is 2.51. The van der Waals surface area contributed by atoms with E-state index < -0.39 is 0 Å². The Morgan fingerprint density at radius 1 is 1.62 bits per heavy atom. The summed E-state index contributed by atoms with van der Waals surface area (Å²) in [5.74, 6) is 0.0420. The predicted molar refractivity (Wildman–Crippen MR) is 61.3 cm³/mol. The molecular weight excluding hydrogens is 208 g/mol. The molecule has 16 heavy (non-hydrogen) atoms. The third-order valence-electron chi connectivity index (χ3n) is 2.51. The molecule has 1 N–H and O–H groups in total. The molecule has 0 spiro atoms. The third kappa shape index (κ3) is 4.47. The van der Waals surface area contributed by atoms with Gasteiger partial charge >= 0.3 is 0 Å². The molecule has 0 aromatic carbocycles. The summed E-state index contributed by atoms with van der Waals surface area (Å²) in [5.41, 5.74) is 0. The Balaban J connectivity index is 2.32. The summed E-state index contributed by atoms with van der Waals surface area (Å²) in [6.07, 6.45) is 0.0944. The van der Waals surface area contributed by atoms with Gasteiger partial charge in [-0.3, -0.25) is 4.79 Å². The van der Waals surface area contributed by atoms with E-state index in [0.29, 0.717) is 25.7 Å². The second-order valence-electron chi connectivity index (χ2n) is 4.33.